The zero-order valence-electron chi connectivity index (χ0n) is 16.6. The van der Waals surface area contributed by atoms with Gasteiger partial charge >= 0.3 is 6.61 Å². The summed E-state index contributed by atoms with van der Waals surface area (Å²) in [6, 6.07) is 12.4. The quantitative estimate of drug-likeness (QED) is 0.851. The van der Waals surface area contributed by atoms with Crippen molar-refractivity contribution in [3.63, 3.8) is 0 Å². The molecule has 1 amide bonds. The molecule has 1 aliphatic heterocycles. The van der Waals surface area contributed by atoms with Crippen LogP contribution in [0.1, 0.15) is 31.4 Å². The first kappa shape index (κ1) is 19.4. The Hall–Kier alpha value is -2.96. The van der Waals surface area contributed by atoms with E-state index in [2.05, 4.69) is 23.6 Å². The van der Waals surface area contributed by atoms with Gasteiger partial charge in [0.25, 0.3) is 5.91 Å². The fraction of sp³-hybridized carbons (Fsp3) is 0.364. The van der Waals surface area contributed by atoms with E-state index in [-0.39, 0.29) is 23.0 Å². The van der Waals surface area contributed by atoms with Crippen molar-refractivity contribution in [1.29, 1.82) is 0 Å². The predicted octanol–water partition coefficient (Wildman–Crippen LogP) is 3.91. The molecular weight excluding hydrogens is 376 g/mol. The Morgan fingerprint density at radius 2 is 1.90 bits per heavy atom. The van der Waals surface area contributed by atoms with Crippen LogP contribution < -0.4 is 10.5 Å². The van der Waals surface area contributed by atoms with Crippen molar-refractivity contribution >= 4 is 11.9 Å². The smallest absolute Gasteiger partial charge is 0.387 e. The molecule has 4 rings (SSSR count). The minimum absolute atomic E-state index is 0.0880. The van der Waals surface area contributed by atoms with Crippen molar-refractivity contribution < 1.29 is 18.3 Å². The molecular formula is C22H23F2N3O2. The van der Waals surface area contributed by atoms with E-state index in [1.54, 1.807) is 19.2 Å². The number of aliphatic imine (C=N–C) groups is 1. The Morgan fingerprint density at radius 1 is 1.17 bits per heavy atom. The van der Waals surface area contributed by atoms with Crippen LogP contribution in [0.5, 0.6) is 5.75 Å². The average Bonchev–Trinajstić information content (AvgIpc) is 2.84. The molecule has 2 aromatic rings. The molecule has 1 atom stereocenters. The molecule has 29 heavy (non-hydrogen) atoms. The number of carbonyl (C=O) groups is 1. The van der Waals surface area contributed by atoms with E-state index in [1.165, 1.54) is 11.0 Å². The molecule has 1 unspecified atom stereocenters. The molecule has 1 heterocycles. The van der Waals surface area contributed by atoms with Gasteiger partial charge in [-0.3, -0.25) is 9.69 Å². The number of fused-ring (bicyclic) bond motifs is 2. The van der Waals surface area contributed by atoms with Crippen LogP contribution in [0.3, 0.4) is 0 Å². The number of likely N-dealkylation sites (N-methyl/N-ethyl adjacent to an activating group) is 1. The molecule has 0 bridgehead atoms. The summed E-state index contributed by atoms with van der Waals surface area (Å²) in [7, 11) is 1.63. The van der Waals surface area contributed by atoms with E-state index in [1.807, 2.05) is 24.3 Å². The van der Waals surface area contributed by atoms with Crippen LogP contribution in [0.15, 0.2) is 47.5 Å². The highest BCUT2D eigenvalue weighted by atomic mass is 19.3. The number of alkyl halides is 2. The maximum absolute atomic E-state index is 13.2. The van der Waals surface area contributed by atoms with Crippen molar-refractivity contribution in [2.45, 2.75) is 38.8 Å². The molecule has 2 N–H and O–H groups in total. The third-order valence-corrected chi connectivity index (χ3v) is 5.66. The number of amides is 1. The second-order valence-electron chi connectivity index (χ2n) is 8.49. The number of ether oxygens (including phenoxy) is 1. The van der Waals surface area contributed by atoms with Crippen molar-refractivity contribution in [3.05, 3.63) is 53.6 Å². The van der Waals surface area contributed by atoms with E-state index >= 15 is 0 Å². The molecule has 0 radical (unpaired) electrons. The largest absolute Gasteiger partial charge is 0.435 e. The van der Waals surface area contributed by atoms with E-state index < -0.39 is 12.2 Å². The predicted molar refractivity (Wildman–Crippen MR) is 107 cm³/mol. The lowest BCUT2D eigenvalue weighted by Crippen LogP contribution is -2.46. The summed E-state index contributed by atoms with van der Waals surface area (Å²) in [5.74, 6) is 0.150. The zero-order chi connectivity index (χ0) is 21.0. The van der Waals surface area contributed by atoms with Gasteiger partial charge in [0, 0.05) is 7.05 Å². The Morgan fingerprint density at radius 3 is 2.55 bits per heavy atom. The molecule has 152 valence electrons. The van der Waals surface area contributed by atoms with Gasteiger partial charge in [-0.2, -0.15) is 8.78 Å². The van der Waals surface area contributed by atoms with Crippen LogP contribution >= 0.6 is 0 Å². The summed E-state index contributed by atoms with van der Waals surface area (Å²) >= 11 is 0. The highest BCUT2D eigenvalue weighted by Gasteiger charge is 2.54. The third kappa shape index (κ3) is 3.24. The van der Waals surface area contributed by atoms with Crippen LogP contribution in [-0.4, -0.2) is 30.4 Å². The van der Waals surface area contributed by atoms with Gasteiger partial charge in [0.2, 0.25) is 0 Å². The molecule has 1 spiro atoms. The topological polar surface area (TPSA) is 67.9 Å². The molecule has 2 aromatic carbocycles. The second kappa shape index (κ2) is 6.54. The molecule has 1 aliphatic carbocycles. The number of rotatable bonds is 3. The molecule has 0 aromatic heterocycles. The molecule has 0 saturated carbocycles. The van der Waals surface area contributed by atoms with Crippen molar-refractivity contribution in [3.8, 4) is 16.9 Å². The number of hydrogen-bond donors (Lipinski definition) is 1. The van der Waals surface area contributed by atoms with Gasteiger partial charge in [-0.05, 0) is 58.7 Å². The number of hydrogen-bond acceptors (Lipinski definition) is 4. The minimum atomic E-state index is -2.89. The Labute approximate surface area is 168 Å². The Balaban J connectivity index is 1.84. The normalized spacial score (nSPS) is 22.8. The van der Waals surface area contributed by atoms with Crippen LogP contribution in [-0.2, 0) is 16.8 Å². The second-order valence-corrected chi connectivity index (χ2v) is 8.49. The van der Waals surface area contributed by atoms with E-state index in [0.717, 1.165) is 28.7 Å². The van der Waals surface area contributed by atoms with Crippen molar-refractivity contribution in [2.75, 3.05) is 7.05 Å². The summed E-state index contributed by atoms with van der Waals surface area (Å²) < 4.78 is 29.7. The first-order valence-electron chi connectivity index (χ1n) is 9.43. The van der Waals surface area contributed by atoms with Gasteiger partial charge in [0.15, 0.2) is 11.5 Å². The van der Waals surface area contributed by atoms with Gasteiger partial charge in [-0.1, -0.05) is 38.1 Å². The van der Waals surface area contributed by atoms with E-state index in [4.69, 9.17) is 5.73 Å². The van der Waals surface area contributed by atoms with Gasteiger partial charge < -0.3 is 10.5 Å². The lowest BCUT2D eigenvalue weighted by atomic mass is 9.65. The van der Waals surface area contributed by atoms with Crippen molar-refractivity contribution in [1.82, 2.24) is 4.90 Å². The van der Waals surface area contributed by atoms with Gasteiger partial charge in [-0.25, -0.2) is 4.99 Å². The SMILES string of the molecule is CN1C(=O)C2(CC(C)(C)Cc3ccc(-c4cccc(OC(F)F)c4)cc32)N=C1N. The summed E-state index contributed by atoms with van der Waals surface area (Å²) in [6.07, 6.45) is 1.36. The fourth-order valence-electron chi connectivity index (χ4n) is 4.50. The summed E-state index contributed by atoms with van der Waals surface area (Å²) in [5.41, 5.74) is 8.23. The summed E-state index contributed by atoms with van der Waals surface area (Å²) in [5, 5.41) is 0. The monoisotopic (exact) mass is 399 g/mol. The van der Waals surface area contributed by atoms with Crippen LogP contribution in [0.2, 0.25) is 0 Å². The van der Waals surface area contributed by atoms with Crippen molar-refractivity contribution in [2.24, 2.45) is 16.1 Å². The molecule has 7 heteroatoms. The minimum Gasteiger partial charge on any atom is -0.435 e. The molecule has 2 aliphatic rings. The maximum Gasteiger partial charge on any atom is 0.387 e. The number of benzene rings is 2. The van der Waals surface area contributed by atoms with E-state index in [0.29, 0.717) is 6.42 Å². The van der Waals surface area contributed by atoms with Gasteiger partial charge in [0.05, 0.1) is 0 Å². The standard InChI is InChI=1S/C22H23F2N3O2/c1-21(2)11-15-8-7-14(13-5-4-6-16(9-13)29-19(23)24)10-17(15)22(12-21)18(28)27(3)20(25)26-22/h4-10,19H,11-12H2,1-3H3,(H2,25,26). The number of carbonyl (C=O) groups excluding carboxylic acids is 1. The lowest BCUT2D eigenvalue weighted by molar-refractivity contribution is -0.132. The first-order valence-corrected chi connectivity index (χ1v) is 9.43. The number of nitrogens with zero attached hydrogens (tertiary/aromatic N) is 2. The summed E-state index contributed by atoms with van der Waals surface area (Å²) in [6.45, 7) is 1.35. The molecule has 5 nitrogen and oxygen atoms in total. The zero-order valence-corrected chi connectivity index (χ0v) is 16.6. The van der Waals surface area contributed by atoms with E-state index in [9.17, 15) is 13.6 Å². The Bertz CT molecular complexity index is 1020. The van der Waals surface area contributed by atoms with Crippen LogP contribution in [0, 0.1) is 5.41 Å². The Kier molecular flexibility index (Phi) is 4.37. The fourth-order valence-corrected chi connectivity index (χ4v) is 4.50. The molecule has 0 fully saturated rings. The third-order valence-electron chi connectivity index (χ3n) is 5.66. The average molecular weight is 399 g/mol. The summed E-state index contributed by atoms with van der Waals surface area (Å²) in [4.78, 5) is 19.2. The first-order chi connectivity index (χ1) is 13.6. The lowest BCUT2D eigenvalue weighted by Gasteiger charge is -2.41. The highest BCUT2D eigenvalue weighted by Crippen LogP contribution is 2.50. The molecule has 0 saturated heterocycles. The van der Waals surface area contributed by atoms with Gasteiger partial charge in [0.1, 0.15) is 5.75 Å². The van der Waals surface area contributed by atoms with Crippen LogP contribution in [0.25, 0.3) is 11.1 Å². The number of halogens is 2. The van der Waals surface area contributed by atoms with Crippen LogP contribution in [0.4, 0.5) is 8.78 Å². The van der Waals surface area contributed by atoms with Gasteiger partial charge in [-0.15, -0.1) is 0 Å². The maximum atomic E-state index is 13.2. The number of guanidine groups is 1. The number of nitrogens with two attached hydrogens (primary N) is 1. The highest BCUT2D eigenvalue weighted by molar-refractivity contribution is 6.07.